The Kier molecular flexibility index (Phi) is 4.92. The molecule has 0 unspecified atom stereocenters. The van der Waals surface area contributed by atoms with Crippen LogP contribution in [0.5, 0.6) is 0 Å². The predicted molar refractivity (Wildman–Crippen MR) is 97.2 cm³/mol. The molecule has 3 heterocycles. The summed E-state index contributed by atoms with van der Waals surface area (Å²) in [4.78, 5) is 45.0. The van der Waals surface area contributed by atoms with Crippen LogP contribution >= 0.6 is 0 Å². The molecule has 3 aromatic rings. The van der Waals surface area contributed by atoms with Crippen LogP contribution in [0.1, 0.15) is 23.0 Å². The quantitative estimate of drug-likeness (QED) is 0.728. The Morgan fingerprint density at radius 3 is 2.73 bits per heavy atom. The highest BCUT2D eigenvalue weighted by Crippen LogP contribution is 2.10. The molecule has 1 N–H and O–H groups in total. The SMILES string of the molecule is CCn1cc(C(=O)NCCn2cnccc2=O)c(=O)c2ccc(C)nc21. The summed E-state index contributed by atoms with van der Waals surface area (Å²) < 4.78 is 3.17. The molecule has 0 atom stereocenters. The highest BCUT2D eigenvalue weighted by Gasteiger charge is 2.15. The number of nitrogens with one attached hydrogen (secondary N) is 1. The van der Waals surface area contributed by atoms with E-state index in [1.165, 1.54) is 29.4 Å². The van der Waals surface area contributed by atoms with Crippen LogP contribution in [0.15, 0.2) is 46.5 Å². The molecule has 0 radical (unpaired) electrons. The van der Waals surface area contributed by atoms with Gasteiger partial charge in [0.2, 0.25) is 5.43 Å². The van der Waals surface area contributed by atoms with Crippen molar-refractivity contribution in [3.63, 3.8) is 0 Å². The van der Waals surface area contributed by atoms with Gasteiger partial charge in [-0.25, -0.2) is 9.97 Å². The molecule has 134 valence electrons. The summed E-state index contributed by atoms with van der Waals surface area (Å²) >= 11 is 0. The monoisotopic (exact) mass is 353 g/mol. The summed E-state index contributed by atoms with van der Waals surface area (Å²) in [6, 6.07) is 4.79. The van der Waals surface area contributed by atoms with E-state index in [1.807, 2.05) is 13.8 Å². The highest BCUT2D eigenvalue weighted by molar-refractivity contribution is 5.96. The maximum atomic E-state index is 12.7. The van der Waals surface area contributed by atoms with Gasteiger partial charge in [-0.3, -0.25) is 19.0 Å². The lowest BCUT2D eigenvalue weighted by molar-refractivity contribution is 0.0950. The number of hydrogen-bond donors (Lipinski definition) is 1. The Labute approximate surface area is 149 Å². The van der Waals surface area contributed by atoms with Gasteiger partial charge in [0, 0.05) is 43.8 Å². The van der Waals surface area contributed by atoms with Gasteiger partial charge in [-0.1, -0.05) is 0 Å². The van der Waals surface area contributed by atoms with E-state index in [0.29, 0.717) is 17.6 Å². The number of carbonyl (C=O) groups excluding carboxylic acids is 1. The van der Waals surface area contributed by atoms with E-state index in [4.69, 9.17) is 0 Å². The van der Waals surface area contributed by atoms with Crippen molar-refractivity contribution in [2.24, 2.45) is 0 Å². The van der Waals surface area contributed by atoms with Gasteiger partial charge in [0.25, 0.3) is 11.5 Å². The summed E-state index contributed by atoms with van der Waals surface area (Å²) in [7, 11) is 0. The maximum absolute atomic E-state index is 12.7. The molecule has 0 aliphatic carbocycles. The molecule has 0 saturated heterocycles. The smallest absolute Gasteiger partial charge is 0.256 e. The molecule has 0 fully saturated rings. The van der Waals surface area contributed by atoms with Crippen molar-refractivity contribution in [2.45, 2.75) is 26.9 Å². The number of aryl methyl sites for hydroxylation is 2. The van der Waals surface area contributed by atoms with Crippen LogP contribution in [0.3, 0.4) is 0 Å². The second-order valence-electron chi connectivity index (χ2n) is 5.85. The Hall–Kier alpha value is -3.29. The van der Waals surface area contributed by atoms with Crippen molar-refractivity contribution in [1.82, 2.24) is 24.4 Å². The van der Waals surface area contributed by atoms with Gasteiger partial charge in [-0.2, -0.15) is 0 Å². The number of pyridine rings is 2. The first-order chi connectivity index (χ1) is 12.5. The summed E-state index contributed by atoms with van der Waals surface area (Å²) in [6.45, 7) is 4.84. The molecule has 8 nitrogen and oxygen atoms in total. The standard InChI is InChI=1S/C18H19N5O3/c1-3-22-10-14(16(25)13-5-4-12(2)21-17(13)22)18(26)20-8-9-23-11-19-7-6-15(23)24/h4-7,10-11H,3,8-9H2,1-2H3,(H,20,26). The van der Waals surface area contributed by atoms with Gasteiger partial charge >= 0.3 is 0 Å². The Balaban J connectivity index is 1.85. The Morgan fingerprint density at radius 1 is 1.19 bits per heavy atom. The summed E-state index contributed by atoms with van der Waals surface area (Å²) in [5.74, 6) is -0.475. The predicted octanol–water partition coefficient (Wildman–Crippen LogP) is 0.712. The van der Waals surface area contributed by atoms with Gasteiger partial charge in [0.05, 0.1) is 11.7 Å². The number of fused-ring (bicyclic) bond motifs is 1. The maximum Gasteiger partial charge on any atom is 0.256 e. The molecule has 8 heteroatoms. The van der Waals surface area contributed by atoms with Crippen molar-refractivity contribution >= 4 is 16.9 Å². The topological polar surface area (TPSA) is 98.9 Å². The molecule has 0 aliphatic heterocycles. The van der Waals surface area contributed by atoms with Crippen molar-refractivity contribution in [1.29, 1.82) is 0 Å². The lowest BCUT2D eigenvalue weighted by Gasteiger charge is -2.12. The van der Waals surface area contributed by atoms with Crippen LogP contribution in [0.2, 0.25) is 0 Å². The van der Waals surface area contributed by atoms with Gasteiger partial charge in [0.15, 0.2) is 0 Å². The van der Waals surface area contributed by atoms with Crippen LogP contribution in [0.25, 0.3) is 11.0 Å². The van der Waals surface area contributed by atoms with E-state index in [0.717, 1.165) is 5.69 Å². The van der Waals surface area contributed by atoms with E-state index >= 15 is 0 Å². The molecule has 0 bridgehead atoms. The zero-order valence-corrected chi connectivity index (χ0v) is 14.6. The molecule has 3 rings (SSSR count). The van der Waals surface area contributed by atoms with Crippen LogP contribution in [0.4, 0.5) is 0 Å². The van der Waals surface area contributed by atoms with Crippen LogP contribution in [-0.4, -0.2) is 31.6 Å². The van der Waals surface area contributed by atoms with Crippen LogP contribution in [0, 0.1) is 6.92 Å². The minimum atomic E-state index is -0.475. The van der Waals surface area contributed by atoms with E-state index in [1.54, 1.807) is 16.7 Å². The van der Waals surface area contributed by atoms with Gasteiger partial charge in [-0.05, 0) is 26.0 Å². The zero-order valence-electron chi connectivity index (χ0n) is 14.6. The second-order valence-corrected chi connectivity index (χ2v) is 5.85. The molecule has 0 saturated carbocycles. The minimum absolute atomic E-state index is 0.0588. The average Bonchev–Trinajstić information content (AvgIpc) is 2.63. The van der Waals surface area contributed by atoms with Crippen molar-refractivity contribution in [2.75, 3.05) is 6.54 Å². The van der Waals surface area contributed by atoms with E-state index < -0.39 is 5.91 Å². The van der Waals surface area contributed by atoms with Gasteiger partial charge < -0.3 is 9.88 Å². The molecule has 26 heavy (non-hydrogen) atoms. The fourth-order valence-electron chi connectivity index (χ4n) is 2.69. The Morgan fingerprint density at radius 2 is 2.00 bits per heavy atom. The van der Waals surface area contributed by atoms with E-state index in [2.05, 4.69) is 15.3 Å². The number of amides is 1. The first-order valence-electron chi connectivity index (χ1n) is 8.30. The highest BCUT2D eigenvalue weighted by atomic mass is 16.2. The fraction of sp³-hybridized carbons (Fsp3) is 0.278. The third-order valence-electron chi connectivity index (χ3n) is 4.08. The van der Waals surface area contributed by atoms with Gasteiger partial charge in [0.1, 0.15) is 11.2 Å². The number of aromatic nitrogens is 4. The Bertz CT molecular complexity index is 1080. The van der Waals surface area contributed by atoms with Crippen LogP contribution in [-0.2, 0) is 13.1 Å². The molecule has 1 amide bonds. The van der Waals surface area contributed by atoms with Crippen molar-refractivity contribution in [3.8, 4) is 0 Å². The molecular formula is C18H19N5O3. The number of rotatable bonds is 5. The number of hydrogen-bond acceptors (Lipinski definition) is 5. The fourth-order valence-corrected chi connectivity index (χ4v) is 2.69. The van der Waals surface area contributed by atoms with E-state index in [9.17, 15) is 14.4 Å². The first-order valence-corrected chi connectivity index (χ1v) is 8.30. The van der Waals surface area contributed by atoms with E-state index in [-0.39, 0.29) is 29.6 Å². The largest absolute Gasteiger partial charge is 0.350 e. The van der Waals surface area contributed by atoms with Gasteiger partial charge in [-0.15, -0.1) is 0 Å². The molecule has 3 aromatic heterocycles. The molecule has 0 spiro atoms. The normalized spacial score (nSPS) is 10.8. The number of carbonyl (C=O) groups is 1. The third-order valence-corrected chi connectivity index (χ3v) is 4.08. The summed E-state index contributed by atoms with van der Waals surface area (Å²) in [5.41, 5.74) is 0.876. The minimum Gasteiger partial charge on any atom is -0.350 e. The number of nitrogens with zero attached hydrogens (tertiary/aromatic N) is 4. The lowest BCUT2D eigenvalue weighted by atomic mass is 10.1. The molecule has 0 aromatic carbocycles. The molecular weight excluding hydrogens is 334 g/mol. The average molecular weight is 353 g/mol. The summed E-state index contributed by atoms with van der Waals surface area (Å²) in [6.07, 6.45) is 4.35. The molecule has 0 aliphatic rings. The first kappa shape index (κ1) is 17.5. The lowest BCUT2D eigenvalue weighted by Crippen LogP contribution is -2.34. The van der Waals surface area contributed by atoms with Crippen molar-refractivity contribution in [3.05, 3.63) is 68.8 Å². The second kappa shape index (κ2) is 7.30. The van der Waals surface area contributed by atoms with Crippen molar-refractivity contribution < 1.29 is 4.79 Å². The zero-order chi connectivity index (χ0) is 18.7. The third kappa shape index (κ3) is 3.39. The summed E-state index contributed by atoms with van der Waals surface area (Å²) in [5, 5.41) is 3.09. The van der Waals surface area contributed by atoms with Crippen LogP contribution < -0.4 is 16.3 Å².